The highest BCUT2D eigenvalue weighted by atomic mass is 16.3. The molecule has 0 saturated heterocycles. The number of anilines is 3. The molecule has 10 rings (SSSR count). The van der Waals surface area contributed by atoms with Gasteiger partial charge in [-0.3, -0.25) is 0 Å². The lowest BCUT2D eigenvalue weighted by molar-refractivity contribution is 0.660. The van der Waals surface area contributed by atoms with Gasteiger partial charge in [-0.25, -0.2) is 0 Å². The van der Waals surface area contributed by atoms with Gasteiger partial charge in [0, 0.05) is 44.2 Å². The summed E-state index contributed by atoms with van der Waals surface area (Å²) in [5.74, 6) is 0. The highest BCUT2D eigenvalue weighted by Gasteiger charge is 2.37. The van der Waals surface area contributed by atoms with Crippen LogP contribution in [-0.4, -0.2) is 0 Å². The summed E-state index contributed by atoms with van der Waals surface area (Å²) in [5, 5.41) is 2.32. The zero-order valence-corrected chi connectivity index (χ0v) is 29.7. The first kappa shape index (κ1) is 30.0. The fourth-order valence-corrected chi connectivity index (χ4v) is 9.09. The number of hydrogen-bond donors (Lipinski definition) is 0. The smallest absolute Gasteiger partial charge is 0.143 e. The second-order valence-corrected chi connectivity index (χ2v) is 15.4. The van der Waals surface area contributed by atoms with Crippen molar-refractivity contribution in [1.29, 1.82) is 0 Å². The summed E-state index contributed by atoms with van der Waals surface area (Å²) in [6.45, 7) is 11.5. The summed E-state index contributed by atoms with van der Waals surface area (Å²) in [5.41, 5.74) is 19.4. The minimum Gasteiger partial charge on any atom is -0.455 e. The van der Waals surface area contributed by atoms with Crippen molar-refractivity contribution in [3.8, 4) is 33.4 Å². The first-order chi connectivity index (χ1) is 24.7. The van der Waals surface area contributed by atoms with Crippen LogP contribution in [0.3, 0.4) is 0 Å². The first-order valence-electron chi connectivity index (χ1n) is 18.0. The van der Waals surface area contributed by atoms with Crippen LogP contribution >= 0.6 is 0 Å². The van der Waals surface area contributed by atoms with E-state index in [-0.39, 0.29) is 10.8 Å². The van der Waals surface area contributed by atoms with Gasteiger partial charge in [0.15, 0.2) is 0 Å². The normalized spacial score (nSPS) is 14.7. The molecule has 8 aromatic rings. The minimum absolute atomic E-state index is 0.0946. The Balaban J connectivity index is 1.13. The SMILES string of the molecule is Cc1cccc2c1oc1c(-c3ccc(N(c4ccc5c(c4)C(C)(C)c4ccccc4-5)c4ccc5c(c4)C(C)(C)c4ccccc4-5)cc3)cccc12. The zero-order chi connectivity index (χ0) is 34.6. The Bertz CT molecular complexity index is 2600. The van der Waals surface area contributed by atoms with Crippen molar-refractivity contribution in [2.75, 3.05) is 4.90 Å². The number of rotatable bonds is 4. The van der Waals surface area contributed by atoms with Crippen molar-refractivity contribution in [3.05, 3.63) is 173 Å². The molecule has 246 valence electrons. The maximum absolute atomic E-state index is 6.55. The van der Waals surface area contributed by atoms with Gasteiger partial charge in [0.05, 0.1) is 0 Å². The molecule has 1 aromatic heterocycles. The largest absolute Gasteiger partial charge is 0.455 e. The summed E-state index contributed by atoms with van der Waals surface area (Å²) in [4.78, 5) is 2.44. The zero-order valence-electron chi connectivity index (χ0n) is 29.7. The first-order valence-corrected chi connectivity index (χ1v) is 18.0. The third-order valence-corrected chi connectivity index (χ3v) is 11.8. The van der Waals surface area contributed by atoms with Gasteiger partial charge >= 0.3 is 0 Å². The molecular formula is C49H39NO. The van der Waals surface area contributed by atoms with Crippen molar-refractivity contribution >= 4 is 39.0 Å². The van der Waals surface area contributed by atoms with Crippen molar-refractivity contribution in [2.24, 2.45) is 0 Å². The molecule has 2 aliphatic rings. The predicted octanol–water partition coefficient (Wildman–Crippen LogP) is 13.6. The van der Waals surface area contributed by atoms with Crippen molar-refractivity contribution in [1.82, 2.24) is 0 Å². The van der Waals surface area contributed by atoms with Gasteiger partial charge in [-0.2, -0.15) is 0 Å². The molecule has 0 amide bonds. The number of furan rings is 1. The van der Waals surface area contributed by atoms with Crippen LogP contribution < -0.4 is 4.90 Å². The molecule has 0 atom stereocenters. The Labute approximate surface area is 299 Å². The molecule has 0 bridgehead atoms. The Morgan fingerprint density at radius 3 is 1.47 bits per heavy atom. The van der Waals surface area contributed by atoms with E-state index >= 15 is 0 Å². The number of fused-ring (bicyclic) bond motifs is 9. The van der Waals surface area contributed by atoms with Crippen LogP contribution in [0.1, 0.15) is 55.5 Å². The Hall–Kier alpha value is -5.86. The topological polar surface area (TPSA) is 16.4 Å². The molecule has 0 fully saturated rings. The van der Waals surface area contributed by atoms with Gasteiger partial charge in [0.25, 0.3) is 0 Å². The fraction of sp³-hybridized carbons (Fsp3) is 0.143. The van der Waals surface area contributed by atoms with E-state index in [4.69, 9.17) is 4.42 Å². The van der Waals surface area contributed by atoms with Gasteiger partial charge < -0.3 is 9.32 Å². The molecular weight excluding hydrogens is 619 g/mol. The summed E-state index contributed by atoms with van der Waals surface area (Å²) in [6.07, 6.45) is 0. The predicted molar refractivity (Wildman–Crippen MR) is 214 cm³/mol. The van der Waals surface area contributed by atoms with Crippen LogP contribution in [0.15, 0.2) is 150 Å². The minimum atomic E-state index is -0.0946. The molecule has 7 aromatic carbocycles. The fourth-order valence-electron chi connectivity index (χ4n) is 9.09. The summed E-state index contributed by atoms with van der Waals surface area (Å²) < 4.78 is 6.55. The van der Waals surface area contributed by atoms with Gasteiger partial charge in [0.1, 0.15) is 11.2 Å². The Morgan fingerprint density at radius 2 is 0.882 bits per heavy atom. The van der Waals surface area contributed by atoms with Gasteiger partial charge in [0.2, 0.25) is 0 Å². The van der Waals surface area contributed by atoms with Gasteiger partial charge in [-0.05, 0) is 99.0 Å². The van der Waals surface area contributed by atoms with E-state index in [1.807, 2.05) is 0 Å². The van der Waals surface area contributed by atoms with E-state index in [9.17, 15) is 0 Å². The third-order valence-electron chi connectivity index (χ3n) is 11.8. The summed E-state index contributed by atoms with van der Waals surface area (Å²) in [7, 11) is 0. The number of aryl methyl sites for hydroxylation is 1. The summed E-state index contributed by atoms with van der Waals surface area (Å²) >= 11 is 0. The number of hydrogen-bond acceptors (Lipinski definition) is 2. The number of para-hydroxylation sites is 2. The summed E-state index contributed by atoms with van der Waals surface area (Å²) in [6, 6.07) is 53.8. The monoisotopic (exact) mass is 657 g/mol. The van der Waals surface area contributed by atoms with Crippen LogP contribution in [0.5, 0.6) is 0 Å². The van der Waals surface area contributed by atoms with Crippen LogP contribution in [0, 0.1) is 6.92 Å². The molecule has 51 heavy (non-hydrogen) atoms. The second kappa shape index (κ2) is 10.6. The van der Waals surface area contributed by atoms with E-state index in [0.29, 0.717) is 0 Å². The van der Waals surface area contributed by atoms with E-state index < -0.39 is 0 Å². The average Bonchev–Trinajstić information content (AvgIpc) is 3.73. The molecule has 0 saturated carbocycles. The van der Waals surface area contributed by atoms with Crippen LogP contribution in [0.4, 0.5) is 17.1 Å². The molecule has 0 N–H and O–H groups in total. The molecule has 2 aliphatic carbocycles. The van der Waals surface area contributed by atoms with Crippen LogP contribution in [0.2, 0.25) is 0 Å². The Morgan fingerprint density at radius 1 is 0.412 bits per heavy atom. The maximum atomic E-state index is 6.55. The lowest BCUT2D eigenvalue weighted by atomic mass is 9.82. The van der Waals surface area contributed by atoms with Crippen molar-refractivity contribution in [2.45, 2.75) is 45.4 Å². The molecule has 0 radical (unpaired) electrons. The molecule has 0 spiro atoms. The quantitative estimate of drug-likeness (QED) is 0.187. The van der Waals surface area contributed by atoms with Crippen molar-refractivity contribution < 1.29 is 4.42 Å². The molecule has 1 heterocycles. The highest BCUT2D eigenvalue weighted by molar-refractivity contribution is 6.10. The molecule has 2 heteroatoms. The maximum Gasteiger partial charge on any atom is 0.143 e. The lowest BCUT2D eigenvalue weighted by Crippen LogP contribution is -2.18. The van der Waals surface area contributed by atoms with Crippen molar-refractivity contribution in [3.63, 3.8) is 0 Å². The Kier molecular flexibility index (Phi) is 6.22. The molecule has 2 nitrogen and oxygen atoms in total. The van der Waals surface area contributed by atoms with E-state index in [2.05, 4.69) is 185 Å². The van der Waals surface area contributed by atoms with E-state index in [1.54, 1.807) is 0 Å². The average molecular weight is 658 g/mol. The van der Waals surface area contributed by atoms with Gasteiger partial charge in [-0.15, -0.1) is 0 Å². The van der Waals surface area contributed by atoms with E-state index in [1.165, 1.54) is 44.5 Å². The number of benzene rings is 7. The highest BCUT2D eigenvalue weighted by Crippen LogP contribution is 2.53. The lowest BCUT2D eigenvalue weighted by Gasteiger charge is -2.30. The molecule has 0 unspecified atom stereocenters. The third kappa shape index (κ3) is 4.23. The van der Waals surface area contributed by atoms with Crippen LogP contribution in [-0.2, 0) is 10.8 Å². The van der Waals surface area contributed by atoms with Crippen LogP contribution in [0.25, 0.3) is 55.3 Å². The molecule has 0 aliphatic heterocycles. The van der Waals surface area contributed by atoms with E-state index in [0.717, 1.165) is 55.7 Å². The standard InChI is InChI=1S/C49H39NO/c1-30-12-10-16-40-41-17-11-15-35(47(41)51-46(30)40)31-20-22-32(23-21-31)50(33-24-26-38-36-13-6-8-18-42(36)48(2,3)44(38)28-33)34-25-27-39-37-14-7-9-19-43(37)49(4,5)45(39)29-34/h6-29H,1-5H3. The van der Waals surface area contributed by atoms with Gasteiger partial charge in [-0.1, -0.05) is 137 Å². The number of nitrogens with zero attached hydrogens (tertiary/aromatic N) is 1. The second-order valence-electron chi connectivity index (χ2n) is 15.4.